The summed E-state index contributed by atoms with van der Waals surface area (Å²) in [6.07, 6.45) is 1.30. The summed E-state index contributed by atoms with van der Waals surface area (Å²) in [6, 6.07) is 0.688. The first-order chi connectivity index (χ1) is 11.2. The van der Waals surface area contributed by atoms with Crippen molar-refractivity contribution < 1.29 is 22.7 Å². The van der Waals surface area contributed by atoms with Crippen LogP contribution in [0.15, 0.2) is 17.1 Å². The third kappa shape index (κ3) is 4.13. The van der Waals surface area contributed by atoms with Crippen molar-refractivity contribution in [3.63, 3.8) is 0 Å². The van der Waals surface area contributed by atoms with Gasteiger partial charge in [-0.05, 0) is 0 Å². The molecule has 2 rings (SSSR count). The third-order valence-corrected chi connectivity index (χ3v) is 5.80. The Balaban J connectivity index is 2.08. The van der Waals surface area contributed by atoms with Crippen LogP contribution in [0.1, 0.15) is 10.5 Å². The van der Waals surface area contributed by atoms with Crippen LogP contribution in [0, 0.1) is 5.92 Å². The molecule has 0 aromatic carbocycles. The van der Waals surface area contributed by atoms with E-state index in [2.05, 4.69) is 10.3 Å². The van der Waals surface area contributed by atoms with Gasteiger partial charge in [0, 0.05) is 32.3 Å². The molecule has 2 atom stereocenters. The van der Waals surface area contributed by atoms with Crippen LogP contribution < -0.4 is 15.5 Å². The van der Waals surface area contributed by atoms with Crippen LogP contribution in [0.25, 0.3) is 0 Å². The van der Waals surface area contributed by atoms with Gasteiger partial charge in [-0.15, -0.1) is 0 Å². The fourth-order valence-corrected chi connectivity index (χ4v) is 3.50. The maximum Gasteiger partial charge on any atom is 0.268 e. The number of carbonyl (C=O) groups is 1. The first-order valence-corrected chi connectivity index (χ1v) is 8.91. The third-order valence-electron chi connectivity index (χ3n) is 3.84. The van der Waals surface area contributed by atoms with Crippen molar-refractivity contribution >= 4 is 15.9 Å². The van der Waals surface area contributed by atoms with E-state index in [0.717, 1.165) is 10.4 Å². The number of amides is 1. The molecule has 0 saturated carbocycles. The summed E-state index contributed by atoms with van der Waals surface area (Å²) in [6.45, 7) is 0.469. The average Bonchev–Trinajstić information content (AvgIpc) is 2.93. The van der Waals surface area contributed by atoms with Gasteiger partial charge in [-0.3, -0.25) is 9.59 Å². The van der Waals surface area contributed by atoms with Crippen LogP contribution in [0.5, 0.6) is 5.75 Å². The monoisotopic (exact) mass is 359 g/mol. The topological polar surface area (TPSA) is 118 Å². The van der Waals surface area contributed by atoms with Crippen molar-refractivity contribution in [2.75, 3.05) is 40.2 Å². The number of pyridine rings is 1. The summed E-state index contributed by atoms with van der Waals surface area (Å²) in [7, 11) is 0.872. The molecule has 9 nitrogen and oxygen atoms in total. The second-order valence-corrected chi connectivity index (χ2v) is 7.95. The van der Waals surface area contributed by atoms with Crippen molar-refractivity contribution in [1.82, 2.24) is 14.6 Å². The summed E-state index contributed by atoms with van der Waals surface area (Å²) in [5, 5.41) is 2.71. The molecule has 10 heteroatoms. The average molecular weight is 359 g/mol. The molecule has 0 bridgehead atoms. The SMILES string of the molecule is COc1c[nH]c(C(=O)N[C@H]2COC[C@H]2CS(=O)(=O)N(C)C)cc1=O. The molecule has 1 aliphatic heterocycles. The molecule has 24 heavy (non-hydrogen) atoms. The maximum atomic E-state index is 12.3. The van der Waals surface area contributed by atoms with Crippen LogP contribution in [0.2, 0.25) is 0 Å². The molecular formula is C14H21N3O6S. The number of carbonyl (C=O) groups excluding carboxylic acids is 1. The number of hydrogen-bond donors (Lipinski definition) is 2. The summed E-state index contributed by atoms with van der Waals surface area (Å²) >= 11 is 0. The Hall–Kier alpha value is -1.91. The number of sulfonamides is 1. The Morgan fingerprint density at radius 2 is 2.17 bits per heavy atom. The van der Waals surface area contributed by atoms with Crippen molar-refractivity contribution in [3.05, 3.63) is 28.2 Å². The molecule has 1 aromatic rings. The van der Waals surface area contributed by atoms with Gasteiger partial charge in [0.25, 0.3) is 5.91 Å². The highest BCUT2D eigenvalue weighted by molar-refractivity contribution is 7.89. The van der Waals surface area contributed by atoms with E-state index in [1.54, 1.807) is 0 Å². The van der Waals surface area contributed by atoms with Crippen molar-refractivity contribution in [2.24, 2.45) is 5.92 Å². The Labute approximate surface area is 140 Å². The van der Waals surface area contributed by atoms with Gasteiger partial charge < -0.3 is 19.8 Å². The lowest BCUT2D eigenvalue weighted by atomic mass is 10.1. The van der Waals surface area contributed by atoms with Gasteiger partial charge in [0.1, 0.15) is 5.69 Å². The number of nitrogens with zero attached hydrogens (tertiary/aromatic N) is 1. The molecule has 0 radical (unpaired) electrons. The first-order valence-electron chi connectivity index (χ1n) is 7.30. The Morgan fingerprint density at radius 3 is 2.75 bits per heavy atom. The normalized spacial score (nSPS) is 21.0. The van der Waals surface area contributed by atoms with Gasteiger partial charge >= 0.3 is 0 Å². The predicted octanol–water partition coefficient (Wildman–Crippen LogP) is -0.980. The van der Waals surface area contributed by atoms with E-state index in [0.29, 0.717) is 0 Å². The largest absolute Gasteiger partial charge is 0.491 e. The molecule has 134 valence electrons. The number of methoxy groups -OCH3 is 1. The van der Waals surface area contributed by atoms with Crippen LogP contribution in [-0.4, -0.2) is 69.8 Å². The zero-order valence-electron chi connectivity index (χ0n) is 13.7. The molecular weight excluding hydrogens is 338 g/mol. The molecule has 1 saturated heterocycles. The lowest BCUT2D eigenvalue weighted by Crippen LogP contribution is -2.44. The molecule has 0 aliphatic carbocycles. The second kappa shape index (κ2) is 7.32. The van der Waals surface area contributed by atoms with Crippen LogP contribution in [0.3, 0.4) is 0 Å². The Kier molecular flexibility index (Phi) is 5.62. The molecule has 2 heterocycles. The second-order valence-electron chi connectivity index (χ2n) is 5.72. The van der Waals surface area contributed by atoms with Gasteiger partial charge in [0.2, 0.25) is 15.5 Å². The van der Waals surface area contributed by atoms with E-state index >= 15 is 0 Å². The van der Waals surface area contributed by atoms with Crippen LogP contribution >= 0.6 is 0 Å². The summed E-state index contributed by atoms with van der Waals surface area (Å²) in [5.74, 6) is -0.876. The van der Waals surface area contributed by atoms with Gasteiger partial charge in [0.15, 0.2) is 5.75 Å². The van der Waals surface area contributed by atoms with E-state index < -0.39 is 27.4 Å². The van der Waals surface area contributed by atoms with Crippen molar-refractivity contribution in [3.8, 4) is 5.75 Å². The van der Waals surface area contributed by atoms with E-state index in [4.69, 9.17) is 9.47 Å². The predicted molar refractivity (Wildman–Crippen MR) is 86.7 cm³/mol. The van der Waals surface area contributed by atoms with E-state index in [-0.39, 0.29) is 36.3 Å². The van der Waals surface area contributed by atoms with E-state index in [1.807, 2.05) is 0 Å². The molecule has 1 aliphatic rings. The zero-order valence-corrected chi connectivity index (χ0v) is 14.6. The molecule has 0 spiro atoms. The smallest absolute Gasteiger partial charge is 0.268 e. The lowest BCUT2D eigenvalue weighted by molar-refractivity contribution is 0.0920. The molecule has 1 aromatic heterocycles. The zero-order chi connectivity index (χ0) is 17.9. The summed E-state index contributed by atoms with van der Waals surface area (Å²) in [4.78, 5) is 26.6. The van der Waals surface area contributed by atoms with Crippen LogP contribution in [-0.2, 0) is 14.8 Å². The number of hydrogen-bond acceptors (Lipinski definition) is 6. The fourth-order valence-electron chi connectivity index (χ4n) is 2.34. The Morgan fingerprint density at radius 1 is 1.46 bits per heavy atom. The van der Waals surface area contributed by atoms with E-state index in [1.165, 1.54) is 27.4 Å². The number of aromatic amines is 1. The standard InChI is InChI=1S/C14H21N3O6S/c1-17(2)24(20,21)8-9-6-23-7-11(9)16-14(19)10-4-12(18)13(22-3)5-15-10/h4-5,9,11H,6-8H2,1-3H3,(H,15,18)(H,16,19)/t9-,11-/m0/s1. The maximum absolute atomic E-state index is 12.3. The quantitative estimate of drug-likeness (QED) is 0.674. The molecule has 2 N–H and O–H groups in total. The summed E-state index contributed by atoms with van der Waals surface area (Å²) < 4.78 is 35.3. The minimum atomic E-state index is -3.40. The molecule has 1 amide bonds. The van der Waals surface area contributed by atoms with Crippen molar-refractivity contribution in [2.45, 2.75) is 6.04 Å². The number of H-pyrrole nitrogens is 1. The lowest BCUT2D eigenvalue weighted by Gasteiger charge is -2.21. The number of aromatic nitrogens is 1. The van der Waals surface area contributed by atoms with Gasteiger partial charge in [-0.1, -0.05) is 0 Å². The molecule has 1 fully saturated rings. The highest BCUT2D eigenvalue weighted by atomic mass is 32.2. The van der Waals surface area contributed by atoms with Gasteiger partial charge in [-0.2, -0.15) is 0 Å². The number of nitrogens with one attached hydrogen (secondary N) is 2. The minimum Gasteiger partial charge on any atom is -0.491 e. The van der Waals surface area contributed by atoms with Crippen molar-refractivity contribution in [1.29, 1.82) is 0 Å². The number of rotatable bonds is 6. The highest BCUT2D eigenvalue weighted by Gasteiger charge is 2.34. The van der Waals surface area contributed by atoms with Crippen LogP contribution in [0.4, 0.5) is 0 Å². The fraction of sp³-hybridized carbons (Fsp3) is 0.571. The molecule has 0 unspecified atom stereocenters. The van der Waals surface area contributed by atoms with E-state index in [9.17, 15) is 18.0 Å². The highest BCUT2D eigenvalue weighted by Crippen LogP contribution is 2.17. The Bertz CT molecular complexity index is 758. The minimum absolute atomic E-state index is 0.0712. The number of ether oxygens (including phenoxy) is 2. The van der Waals surface area contributed by atoms with Gasteiger partial charge in [-0.25, -0.2) is 12.7 Å². The first kappa shape index (κ1) is 18.4. The van der Waals surface area contributed by atoms with Gasteiger partial charge in [0.05, 0.1) is 32.1 Å². The summed E-state index contributed by atoms with van der Waals surface area (Å²) in [5.41, 5.74) is -0.349.